The Morgan fingerprint density at radius 3 is 2.61 bits per heavy atom. The predicted molar refractivity (Wildman–Crippen MR) is 142 cm³/mol. The Balaban J connectivity index is 1.46. The Kier molecular flexibility index (Phi) is 6.68. The summed E-state index contributed by atoms with van der Waals surface area (Å²) in [6.07, 6.45) is 2.51. The van der Waals surface area contributed by atoms with Crippen molar-refractivity contribution in [2.24, 2.45) is 4.99 Å². The van der Waals surface area contributed by atoms with Gasteiger partial charge in [-0.2, -0.15) is 4.99 Å². The number of amides is 1. The van der Waals surface area contributed by atoms with Crippen molar-refractivity contribution in [1.29, 1.82) is 0 Å². The summed E-state index contributed by atoms with van der Waals surface area (Å²) < 4.78 is 36.6. The van der Waals surface area contributed by atoms with E-state index in [0.29, 0.717) is 23.5 Å². The Hall–Kier alpha value is -3.43. The number of rotatable bonds is 6. The molecule has 0 N–H and O–H groups in total. The van der Waals surface area contributed by atoms with Crippen LogP contribution in [0.1, 0.15) is 35.7 Å². The fraction of sp³-hybridized carbons (Fsp3) is 0.259. The van der Waals surface area contributed by atoms with E-state index in [1.165, 1.54) is 39.9 Å². The molecule has 9 heteroatoms. The zero-order valence-corrected chi connectivity index (χ0v) is 21.8. The molecule has 36 heavy (non-hydrogen) atoms. The summed E-state index contributed by atoms with van der Waals surface area (Å²) in [5.41, 5.74) is 3.06. The van der Waals surface area contributed by atoms with Gasteiger partial charge in [0.25, 0.3) is 15.9 Å². The first-order valence-corrected chi connectivity index (χ1v) is 14.1. The van der Waals surface area contributed by atoms with Gasteiger partial charge in [-0.25, -0.2) is 8.42 Å². The van der Waals surface area contributed by atoms with E-state index in [9.17, 15) is 13.2 Å². The molecular weight excluding hydrogens is 494 g/mol. The number of carbonyl (C=O) groups is 1. The second kappa shape index (κ2) is 9.91. The molecule has 0 spiro atoms. The van der Waals surface area contributed by atoms with Crippen LogP contribution >= 0.6 is 11.3 Å². The summed E-state index contributed by atoms with van der Waals surface area (Å²) in [6, 6.07) is 19.4. The minimum atomic E-state index is -3.74. The molecule has 0 aliphatic carbocycles. The number of sulfonamides is 1. The van der Waals surface area contributed by atoms with Gasteiger partial charge in [0.1, 0.15) is 5.75 Å². The van der Waals surface area contributed by atoms with Crippen molar-refractivity contribution in [2.75, 3.05) is 18.0 Å². The molecule has 0 unspecified atom stereocenters. The number of aromatic nitrogens is 1. The highest BCUT2D eigenvalue weighted by molar-refractivity contribution is 7.92. The fourth-order valence-corrected chi connectivity index (χ4v) is 7.07. The first-order chi connectivity index (χ1) is 17.4. The summed E-state index contributed by atoms with van der Waals surface area (Å²) in [7, 11) is -2.11. The first-order valence-electron chi connectivity index (χ1n) is 11.9. The van der Waals surface area contributed by atoms with Gasteiger partial charge >= 0.3 is 0 Å². The Morgan fingerprint density at radius 1 is 1.08 bits per heavy atom. The number of aryl methyl sites for hydroxylation is 2. The number of para-hydroxylation sites is 1. The maximum atomic E-state index is 13.4. The van der Waals surface area contributed by atoms with E-state index in [-0.39, 0.29) is 4.90 Å². The minimum Gasteiger partial charge on any atom is -0.497 e. The van der Waals surface area contributed by atoms with Crippen LogP contribution in [0.25, 0.3) is 10.2 Å². The van der Waals surface area contributed by atoms with Crippen molar-refractivity contribution in [1.82, 2.24) is 4.57 Å². The van der Waals surface area contributed by atoms with Crippen LogP contribution in [0.4, 0.5) is 5.69 Å². The van der Waals surface area contributed by atoms with Crippen LogP contribution in [-0.4, -0.2) is 32.5 Å². The van der Waals surface area contributed by atoms with E-state index in [1.54, 1.807) is 7.11 Å². The van der Waals surface area contributed by atoms with Gasteiger partial charge in [0.15, 0.2) is 4.80 Å². The molecule has 1 aromatic heterocycles. The smallest absolute Gasteiger partial charge is 0.279 e. The highest BCUT2D eigenvalue weighted by atomic mass is 32.2. The third-order valence-corrected chi connectivity index (χ3v) is 9.18. The molecular formula is C27H27N3O4S2. The Bertz CT molecular complexity index is 1600. The number of benzene rings is 3. The molecule has 1 amide bonds. The molecule has 3 aromatic carbocycles. The molecule has 5 rings (SSSR count). The zero-order chi connectivity index (χ0) is 25.3. The predicted octanol–water partition coefficient (Wildman–Crippen LogP) is 5.00. The number of anilines is 1. The molecule has 2 heterocycles. The number of carbonyl (C=O) groups excluding carboxylic acids is 1. The standard InChI is InChI=1S/C27H27N3O4S2/c1-3-16-29-24-18-21(34-2)12-15-25(24)35-27(29)28-26(31)20-10-13-22(14-11-20)36(32,33)30-17-6-8-19-7-4-5-9-23(19)30/h4-5,7,9-15,18H,3,6,8,16-17H2,1-2H3. The van der Waals surface area contributed by atoms with Gasteiger partial charge in [-0.3, -0.25) is 9.10 Å². The SMILES string of the molecule is CCCn1c(=NC(=O)c2ccc(S(=O)(=O)N3CCCc4ccccc43)cc2)sc2ccc(OC)cc21. The van der Waals surface area contributed by atoms with Crippen molar-refractivity contribution in [3.05, 3.63) is 82.7 Å². The summed E-state index contributed by atoms with van der Waals surface area (Å²) in [6.45, 7) is 3.22. The number of hydrogen-bond acceptors (Lipinski definition) is 5. The Morgan fingerprint density at radius 2 is 1.86 bits per heavy atom. The van der Waals surface area contributed by atoms with Crippen molar-refractivity contribution in [2.45, 2.75) is 37.6 Å². The molecule has 1 aliphatic heterocycles. The second-order valence-corrected chi connectivity index (χ2v) is 11.5. The van der Waals surface area contributed by atoms with E-state index in [4.69, 9.17) is 4.74 Å². The van der Waals surface area contributed by atoms with Crippen LogP contribution in [-0.2, 0) is 23.0 Å². The number of hydrogen-bond donors (Lipinski definition) is 0. The third-order valence-electron chi connectivity index (χ3n) is 6.29. The molecule has 0 atom stereocenters. The number of ether oxygens (including phenoxy) is 1. The lowest BCUT2D eigenvalue weighted by molar-refractivity contribution is 0.0997. The molecule has 0 saturated heterocycles. The van der Waals surface area contributed by atoms with Gasteiger partial charge in [0.2, 0.25) is 0 Å². The van der Waals surface area contributed by atoms with Crippen LogP contribution in [0.3, 0.4) is 0 Å². The van der Waals surface area contributed by atoms with Crippen molar-refractivity contribution >= 4 is 43.2 Å². The van der Waals surface area contributed by atoms with E-state index >= 15 is 0 Å². The summed E-state index contributed by atoms with van der Waals surface area (Å²) in [5, 5.41) is 0. The normalized spacial score (nSPS) is 14.2. The topological polar surface area (TPSA) is 81.0 Å². The third kappa shape index (κ3) is 4.44. The van der Waals surface area contributed by atoms with Gasteiger partial charge in [-0.15, -0.1) is 0 Å². The van der Waals surface area contributed by atoms with Crippen molar-refractivity contribution in [3.63, 3.8) is 0 Å². The van der Waals surface area contributed by atoms with Gasteiger partial charge in [0, 0.05) is 24.7 Å². The van der Waals surface area contributed by atoms with Gasteiger partial charge in [0.05, 0.1) is 27.9 Å². The van der Waals surface area contributed by atoms with E-state index in [0.717, 1.165) is 46.5 Å². The quantitative estimate of drug-likeness (QED) is 0.357. The molecule has 4 aromatic rings. The lowest BCUT2D eigenvalue weighted by Crippen LogP contribution is -2.35. The fourth-order valence-electron chi connectivity index (χ4n) is 4.50. The largest absolute Gasteiger partial charge is 0.497 e. The summed E-state index contributed by atoms with van der Waals surface area (Å²) >= 11 is 1.44. The number of nitrogens with zero attached hydrogens (tertiary/aromatic N) is 3. The van der Waals surface area contributed by atoms with Crippen LogP contribution < -0.4 is 13.8 Å². The average Bonchev–Trinajstić information content (AvgIpc) is 3.24. The van der Waals surface area contributed by atoms with Crippen LogP contribution in [0, 0.1) is 0 Å². The maximum Gasteiger partial charge on any atom is 0.279 e. The van der Waals surface area contributed by atoms with Crippen molar-refractivity contribution in [3.8, 4) is 5.75 Å². The lowest BCUT2D eigenvalue weighted by atomic mass is 10.0. The highest BCUT2D eigenvalue weighted by Crippen LogP contribution is 2.32. The molecule has 0 bridgehead atoms. The van der Waals surface area contributed by atoms with Crippen molar-refractivity contribution < 1.29 is 17.9 Å². The Labute approximate surface area is 214 Å². The van der Waals surface area contributed by atoms with Crippen LogP contribution in [0.5, 0.6) is 5.75 Å². The second-order valence-electron chi connectivity index (χ2n) is 8.62. The first kappa shape index (κ1) is 24.3. The van der Waals surface area contributed by atoms with Crippen LogP contribution in [0.15, 0.2) is 76.6 Å². The van der Waals surface area contributed by atoms with E-state index < -0.39 is 15.9 Å². The monoisotopic (exact) mass is 521 g/mol. The molecule has 0 fully saturated rings. The number of fused-ring (bicyclic) bond motifs is 2. The van der Waals surface area contributed by atoms with Gasteiger partial charge in [-0.1, -0.05) is 36.5 Å². The minimum absolute atomic E-state index is 0.158. The molecule has 1 aliphatic rings. The average molecular weight is 522 g/mol. The number of thiazole rings is 1. The van der Waals surface area contributed by atoms with Crippen LogP contribution in [0.2, 0.25) is 0 Å². The van der Waals surface area contributed by atoms with Gasteiger partial charge in [-0.05, 0) is 67.3 Å². The lowest BCUT2D eigenvalue weighted by Gasteiger charge is -2.30. The molecule has 0 saturated carbocycles. The maximum absolute atomic E-state index is 13.4. The number of methoxy groups -OCH3 is 1. The van der Waals surface area contributed by atoms with E-state index in [2.05, 4.69) is 11.9 Å². The highest BCUT2D eigenvalue weighted by Gasteiger charge is 2.29. The van der Waals surface area contributed by atoms with E-state index in [1.807, 2.05) is 47.0 Å². The zero-order valence-electron chi connectivity index (χ0n) is 20.2. The summed E-state index contributed by atoms with van der Waals surface area (Å²) in [5.74, 6) is 0.335. The summed E-state index contributed by atoms with van der Waals surface area (Å²) in [4.78, 5) is 18.2. The van der Waals surface area contributed by atoms with Gasteiger partial charge < -0.3 is 9.30 Å². The molecule has 0 radical (unpaired) electrons. The molecule has 186 valence electrons. The molecule has 7 nitrogen and oxygen atoms in total.